The number of benzene rings is 2. The second-order valence-electron chi connectivity index (χ2n) is 7.45. The van der Waals surface area contributed by atoms with Gasteiger partial charge >= 0.3 is 12.0 Å². The molecule has 0 radical (unpaired) electrons. The molecule has 0 unspecified atom stereocenters. The lowest BCUT2D eigenvalue weighted by Gasteiger charge is -2.22. The van der Waals surface area contributed by atoms with Gasteiger partial charge in [0.2, 0.25) is 0 Å². The fraction of sp³-hybridized carbons (Fsp3) is 0.320. The first kappa shape index (κ1) is 23.1. The summed E-state index contributed by atoms with van der Waals surface area (Å²) in [4.78, 5) is 32.3. The number of hydrogen-bond acceptors (Lipinski definition) is 4. The maximum atomic E-state index is 13.1. The topological polar surface area (TPSA) is 76.5 Å². The zero-order valence-corrected chi connectivity index (χ0v) is 18.9. The SMILES string of the molecule is CCCNC(=O)N(Cc1ccccc1)c1nc(Cc2ccccc2)n(C)c1C(=O)OCC. The van der Waals surface area contributed by atoms with Crippen LogP contribution in [0.3, 0.4) is 0 Å². The highest BCUT2D eigenvalue weighted by atomic mass is 16.5. The van der Waals surface area contributed by atoms with Gasteiger partial charge in [-0.3, -0.25) is 4.90 Å². The summed E-state index contributed by atoms with van der Waals surface area (Å²) in [6.45, 7) is 4.80. The maximum absolute atomic E-state index is 13.1. The molecule has 0 fully saturated rings. The van der Waals surface area contributed by atoms with Crippen LogP contribution in [0.25, 0.3) is 0 Å². The molecule has 7 heteroatoms. The normalized spacial score (nSPS) is 10.6. The van der Waals surface area contributed by atoms with Gasteiger partial charge in [0.15, 0.2) is 11.5 Å². The Labute approximate surface area is 189 Å². The van der Waals surface area contributed by atoms with Gasteiger partial charge in [-0.25, -0.2) is 14.6 Å². The van der Waals surface area contributed by atoms with Crippen LogP contribution in [0.5, 0.6) is 0 Å². The molecule has 1 heterocycles. The summed E-state index contributed by atoms with van der Waals surface area (Å²) in [6, 6.07) is 19.2. The number of hydrogen-bond donors (Lipinski definition) is 1. The number of amides is 2. The number of esters is 1. The van der Waals surface area contributed by atoms with E-state index in [4.69, 9.17) is 9.72 Å². The molecule has 0 bridgehead atoms. The Kier molecular flexibility index (Phi) is 8.02. The summed E-state index contributed by atoms with van der Waals surface area (Å²) in [5.41, 5.74) is 2.26. The number of urea groups is 1. The van der Waals surface area contributed by atoms with E-state index in [0.717, 1.165) is 17.5 Å². The predicted octanol–water partition coefficient (Wildman–Crippen LogP) is 4.31. The van der Waals surface area contributed by atoms with Crippen LogP contribution < -0.4 is 10.2 Å². The number of ether oxygens (including phenoxy) is 1. The number of imidazole rings is 1. The molecule has 3 rings (SSSR count). The molecular formula is C25H30N4O3. The summed E-state index contributed by atoms with van der Waals surface area (Å²) in [5, 5.41) is 2.91. The summed E-state index contributed by atoms with van der Waals surface area (Å²) in [7, 11) is 1.78. The number of anilines is 1. The van der Waals surface area contributed by atoms with Crippen molar-refractivity contribution in [1.29, 1.82) is 0 Å². The highest BCUT2D eigenvalue weighted by molar-refractivity contribution is 6.00. The van der Waals surface area contributed by atoms with Gasteiger partial charge in [0.1, 0.15) is 5.82 Å². The van der Waals surface area contributed by atoms with E-state index in [9.17, 15) is 9.59 Å². The van der Waals surface area contributed by atoms with E-state index >= 15 is 0 Å². The van der Waals surface area contributed by atoms with Crippen LogP contribution in [0, 0.1) is 0 Å². The van der Waals surface area contributed by atoms with Gasteiger partial charge in [0.05, 0.1) is 13.2 Å². The Morgan fingerprint density at radius 2 is 1.62 bits per heavy atom. The molecule has 0 saturated carbocycles. The van der Waals surface area contributed by atoms with Gasteiger partial charge in [-0.05, 0) is 24.5 Å². The second kappa shape index (κ2) is 11.1. The van der Waals surface area contributed by atoms with Crippen LogP contribution in [0.2, 0.25) is 0 Å². The lowest BCUT2D eigenvalue weighted by molar-refractivity contribution is 0.0516. The molecule has 3 aromatic rings. The van der Waals surface area contributed by atoms with Gasteiger partial charge in [0, 0.05) is 20.0 Å². The van der Waals surface area contributed by atoms with Crippen molar-refractivity contribution in [2.75, 3.05) is 18.1 Å². The summed E-state index contributed by atoms with van der Waals surface area (Å²) in [6.07, 6.45) is 1.33. The van der Waals surface area contributed by atoms with Crippen molar-refractivity contribution in [3.63, 3.8) is 0 Å². The molecule has 0 aliphatic heterocycles. The van der Waals surface area contributed by atoms with Gasteiger partial charge < -0.3 is 14.6 Å². The van der Waals surface area contributed by atoms with Crippen molar-refractivity contribution >= 4 is 17.8 Å². The largest absolute Gasteiger partial charge is 0.461 e. The zero-order valence-electron chi connectivity index (χ0n) is 18.9. The molecule has 1 N–H and O–H groups in total. The minimum absolute atomic E-state index is 0.234. The average Bonchev–Trinajstić information content (AvgIpc) is 3.13. The molecule has 0 atom stereocenters. The average molecular weight is 435 g/mol. The number of carbonyl (C=O) groups excluding carboxylic acids is 2. The van der Waals surface area contributed by atoms with Crippen LogP contribution in [-0.4, -0.2) is 34.7 Å². The van der Waals surface area contributed by atoms with E-state index in [1.807, 2.05) is 67.6 Å². The first-order valence-corrected chi connectivity index (χ1v) is 10.9. The van der Waals surface area contributed by atoms with Crippen molar-refractivity contribution in [3.05, 3.63) is 83.3 Å². The van der Waals surface area contributed by atoms with E-state index in [0.29, 0.717) is 24.6 Å². The van der Waals surface area contributed by atoms with Crippen LogP contribution in [0.1, 0.15) is 47.7 Å². The molecule has 2 aromatic carbocycles. The summed E-state index contributed by atoms with van der Waals surface area (Å²) >= 11 is 0. The Morgan fingerprint density at radius 1 is 1.00 bits per heavy atom. The number of rotatable bonds is 9. The van der Waals surface area contributed by atoms with Gasteiger partial charge in [0.25, 0.3) is 0 Å². The van der Waals surface area contributed by atoms with Crippen LogP contribution in [-0.2, 0) is 24.8 Å². The quantitative estimate of drug-likeness (QED) is 0.509. The molecular weight excluding hydrogens is 404 g/mol. The molecule has 0 spiro atoms. The smallest absolute Gasteiger partial charge is 0.358 e. The van der Waals surface area contributed by atoms with Crippen LogP contribution in [0.15, 0.2) is 60.7 Å². The van der Waals surface area contributed by atoms with Crippen molar-refractivity contribution in [2.24, 2.45) is 7.05 Å². The standard InChI is InChI=1S/C25H30N4O3/c1-4-16-26-25(31)29(18-20-14-10-7-11-15-20)23-22(24(30)32-5-2)28(3)21(27-23)17-19-12-8-6-9-13-19/h6-15H,4-5,16-18H2,1-3H3,(H,26,31). The summed E-state index contributed by atoms with van der Waals surface area (Å²) in [5.74, 6) is 0.475. The third kappa shape index (κ3) is 5.55. The molecule has 0 aliphatic rings. The van der Waals surface area contributed by atoms with Crippen molar-refractivity contribution < 1.29 is 14.3 Å². The molecule has 1 aromatic heterocycles. The third-order valence-corrected chi connectivity index (χ3v) is 5.05. The van der Waals surface area contributed by atoms with Crippen LogP contribution >= 0.6 is 0 Å². The van der Waals surface area contributed by atoms with E-state index < -0.39 is 5.97 Å². The van der Waals surface area contributed by atoms with Crippen molar-refractivity contribution in [1.82, 2.24) is 14.9 Å². The maximum Gasteiger partial charge on any atom is 0.358 e. The monoisotopic (exact) mass is 434 g/mol. The fourth-order valence-corrected chi connectivity index (χ4v) is 3.42. The van der Waals surface area contributed by atoms with Crippen molar-refractivity contribution in [2.45, 2.75) is 33.2 Å². The molecule has 32 heavy (non-hydrogen) atoms. The lowest BCUT2D eigenvalue weighted by atomic mass is 10.1. The third-order valence-electron chi connectivity index (χ3n) is 5.05. The predicted molar refractivity (Wildman–Crippen MR) is 125 cm³/mol. The van der Waals surface area contributed by atoms with E-state index in [1.165, 1.54) is 4.90 Å². The summed E-state index contributed by atoms with van der Waals surface area (Å²) < 4.78 is 7.04. The Hall–Kier alpha value is -3.61. The lowest BCUT2D eigenvalue weighted by Crippen LogP contribution is -2.41. The number of carbonyl (C=O) groups is 2. The van der Waals surface area contributed by atoms with E-state index in [-0.39, 0.29) is 24.9 Å². The highest BCUT2D eigenvalue weighted by Gasteiger charge is 2.29. The molecule has 0 saturated heterocycles. The molecule has 7 nitrogen and oxygen atoms in total. The van der Waals surface area contributed by atoms with E-state index in [2.05, 4.69) is 5.32 Å². The van der Waals surface area contributed by atoms with Gasteiger partial charge in [-0.15, -0.1) is 0 Å². The van der Waals surface area contributed by atoms with Crippen LogP contribution in [0.4, 0.5) is 10.6 Å². The molecule has 2 amide bonds. The first-order chi connectivity index (χ1) is 15.5. The number of nitrogens with zero attached hydrogens (tertiary/aromatic N) is 3. The Morgan fingerprint density at radius 3 is 2.22 bits per heavy atom. The minimum Gasteiger partial charge on any atom is -0.461 e. The first-order valence-electron chi connectivity index (χ1n) is 10.9. The molecule has 168 valence electrons. The zero-order chi connectivity index (χ0) is 22.9. The van der Waals surface area contributed by atoms with Crippen molar-refractivity contribution in [3.8, 4) is 0 Å². The second-order valence-corrected chi connectivity index (χ2v) is 7.45. The molecule has 0 aliphatic carbocycles. The van der Waals surface area contributed by atoms with Gasteiger partial charge in [-0.1, -0.05) is 67.6 Å². The van der Waals surface area contributed by atoms with Gasteiger partial charge in [-0.2, -0.15) is 0 Å². The minimum atomic E-state index is -0.502. The number of aromatic nitrogens is 2. The fourth-order valence-electron chi connectivity index (χ4n) is 3.42. The van der Waals surface area contributed by atoms with E-state index in [1.54, 1.807) is 18.5 Å². The highest BCUT2D eigenvalue weighted by Crippen LogP contribution is 2.25. The Balaban J connectivity index is 2.06. The Bertz CT molecular complexity index is 1030. The number of nitrogens with one attached hydrogen (secondary N) is 1.